The predicted molar refractivity (Wildman–Crippen MR) is 107 cm³/mol. The van der Waals surface area contributed by atoms with Gasteiger partial charge in [0.15, 0.2) is 0 Å². The maximum absolute atomic E-state index is 11.9. The summed E-state index contributed by atoms with van der Waals surface area (Å²) < 4.78 is 0. The number of nitrogens with two attached hydrogens (primary N) is 2. The van der Waals surface area contributed by atoms with Crippen LogP contribution in [0.25, 0.3) is 11.0 Å². The molecule has 1 unspecified atom stereocenters. The molecule has 3 aromatic rings. The molecular formula is C19H22N8O. The Morgan fingerprint density at radius 3 is 2.54 bits per heavy atom. The molecule has 6 N–H and O–H groups in total. The van der Waals surface area contributed by atoms with E-state index in [-0.39, 0.29) is 6.04 Å². The quantitative estimate of drug-likeness (QED) is 0.541. The number of H-pyrrole nitrogens is 1. The Bertz CT molecular complexity index is 1020. The molecule has 0 saturated carbocycles. The summed E-state index contributed by atoms with van der Waals surface area (Å²) in [6.07, 6.45) is 10.8. The molecular weight excluding hydrogens is 356 g/mol. The van der Waals surface area contributed by atoms with Gasteiger partial charge in [-0.1, -0.05) is 0 Å². The monoisotopic (exact) mass is 378 g/mol. The van der Waals surface area contributed by atoms with Crippen molar-refractivity contribution >= 4 is 34.3 Å². The maximum Gasteiger partial charge on any atom is 0.252 e. The number of aromatic nitrogens is 4. The Morgan fingerprint density at radius 2 is 1.86 bits per heavy atom. The third-order valence-corrected chi connectivity index (χ3v) is 5.82. The van der Waals surface area contributed by atoms with Crippen molar-refractivity contribution in [2.45, 2.75) is 43.8 Å². The van der Waals surface area contributed by atoms with E-state index in [9.17, 15) is 4.79 Å². The number of pyridine rings is 1. The highest BCUT2D eigenvalue weighted by Crippen LogP contribution is 2.39. The number of anilines is 3. The van der Waals surface area contributed by atoms with Crippen molar-refractivity contribution < 1.29 is 4.79 Å². The number of nitrogens with zero attached hydrogens (tertiary/aromatic N) is 4. The molecule has 144 valence electrons. The number of amides is 1. The first kappa shape index (κ1) is 16.8. The molecule has 0 radical (unpaired) electrons. The van der Waals surface area contributed by atoms with Gasteiger partial charge >= 0.3 is 0 Å². The zero-order valence-electron chi connectivity index (χ0n) is 15.3. The van der Waals surface area contributed by atoms with E-state index in [2.05, 4.69) is 30.2 Å². The number of nitrogen functional groups attached to an aromatic ring is 1. The summed E-state index contributed by atoms with van der Waals surface area (Å²) in [6, 6.07) is 2.88. The highest BCUT2D eigenvalue weighted by molar-refractivity contribution is 6.06. The van der Waals surface area contributed by atoms with Gasteiger partial charge < -0.3 is 26.7 Å². The van der Waals surface area contributed by atoms with E-state index in [4.69, 9.17) is 11.5 Å². The van der Waals surface area contributed by atoms with Crippen LogP contribution in [-0.4, -0.2) is 44.0 Å². The zero-order valence-corrected chi connectivity index (χ0v) is 15.3. The lowest BCUT2D eigenvalue weighted by Gasteiger charge is -2.39. The van der Waals surface area contributed by atoms with Crippen LogP contribution in [0.15, 0.2) is 30.9 Å². The number of nitrogens with one attached hydrogen (secondary N) is 2. The molecule has 2 fully saturated rings. The molecule has 0 aromatic carbocycles. The Morgan fingerprint density at radius 1 is 1.14 bits per heavy atom. The van der Waals surface area contributed by atoms with Crippen LogP contribution in [0.2, 0.25) is 0 Å². The van der Waals surface area contributed by atoms with Gasteiger partial charge in [-0.05, 0) is 31.7 Å². The van der Waals surface area contributed by atoms with Gasteiger partial charge in [0, 0.05) is 35.9 Å². The minimum Gasteiger partial charge on any atom is -0.396 e. The molecule has 2 aliphatic heterocycles. The molecule has 3 aromatic heterocycles. The van der Waals surface area contributed by atoms with E-state index in [1.165, 1.54) is 6.20 Å². The number of carbonyl (C=O) groups excluding carboxylic acids is 1. The third kappa shape index (κ3) is 2.70. The number of primary amides is 1. The van der Waals surface area contributed by atoms with Crippen molar-refractivity contribution in [3.05, 3.63) is 36.4 Å². The van der Waals surface area contributed by atoms with Crippen LogP contribution in [0.4, 0.5) is 17.3 Å². The number of carbonyl (C=O) groups is 1. The molecule has 2 bridgehead atoms. The van der Waals surface area contributed by atoms with E-state index < -0.39 is 5.91 Å². The average molecular weight is 378 g/mol. The number of piperidine rings is 1. The fourth-order valence-corrected chi connectivity index (χ4v) is 4.64. The van der Waals surface area contributed by atoms with Crippen molar-refractivity contribution in [3.63, 3.8) is 0 Å². The molecule has 9 nitrogen and oxygen atoms in total. The van der Waals surface area contributed by atoms with Gasteiger partial charge in [0.1, 0.15) is 5.65 Å². The van der Waals surface area contributed by atoms with Crippen LogP contribution in [0, 0.1) is 0 Å². The summed E-state index contributed by atoms with van der Waals surface area (Å²) in [5.74, 6) is 0.267. The van der Waals surface area contributed by atoms with Gasteiger partial charge in [-0.25, -0.2) is 15.0 Å². The van der Waals surface area contributed by atoms with E-state index in [1.807, 2.05) is 12.3 Å². The molecule has 5 heterocycles. The number of fused-ring (bicyclic) bond motifs is 3. The smallest absolute Gasteiger partial charge is 0.252 e. The summed E-state index contributed by atoms with van der Waals surface area (Å²) >= 11 is 0. The fourth-order valence-electron chi connectivity index (χ4n) is 4.64. The van der Waals surface area contributed by atoms with Crippen molar-refractivity contribution in [3.8, 4) is 0 Å². The first-order chi connectivity index (χ1) is 13.6. The third-order valence-electron chi connectivity index (χ3n) is 5.82. The summed E-state index contributed by atoms with van der Waals surface area (Å²) in [5, 5.41) is 4.48. The average Bonchev–Trinajstić information content (AvgIpc) is 3.25. The van der Waals surface area contributed by atoms with Gasteiger partial charge in [0.05, 0.1) is 29.3 Å². The Hall–Kier alpha value is -3.36. The van der Waals surface area contributed by atoms with Gasteiger partial charge in [0.25, 0.3) is 5.91 Å². The molecule has 1 amide bonds. The van der Waals surface area contributed by atoms with Crippen molar-refractivity contribution in [1.82, 2.24) is 19.9 Å². The summed E-state index contributed by atoms with van der Waals surface area (Å²) in [7, 11) is 0. The molecule has 28 heavy (non-hydrogen) atoms. The first-order valence-corrected chi connectivity index (χ1v) is 9.48. The predicted octanol–water partition coefficient (Wildman–Crippen LogP) is 1.65. The van der Waals surface area contributed by atoms with Crippen LogP contribution in [0.5, 0.6) is 0 Å². The van der Waals surface area contributed by atoms with Crippen LogP contribution in [0.3, 0.4) is 0 Å². The minimum absolute atomic E-state index is 0.237. The van der Waals surface area contributed by atoms with Crippen molar-refractivity contribution in [2.75, 3.05) is 16.0 Å². The molecule has 0 aliphatic carbocycles. The Labute approximate surface area is 161 Å². The first-order valence-electron chi connectivity index (χ1n) is 9.48. The van der Waals surface area contributed by atoms with Crippen LogP contribution in [0.1, 0.15) is 36.0 Å². The highest BCUT2D eigenvalue weighted by Gasteiger charge is 2.42. The van der Waals surface area contributed by atoms with Crippen LogP contribution < -0.4 is 21.7 Å². The topological polar surface area (TPSA) is 139 Å². The number of rotatable bonds is 4. The van der Waals surface area contributed by atoms with Gasteiger partial charge in [-0.2, -0.15) is 0 Å². The van der Waals surface area contributed by atoms with Crippen molar-refractivity contribution in [1.29, 1.82) is 0 Å². The Balaban J connectivity index is 1.41. The standard InChI is InChI=1S/C19H22N8O/c20-10-7-24-19(25-8-10)27-12-1-2-13(27)6-11(5-12)26-16-14-3-4-22-18(14)23-9-15(16)17(21)28/h3-4,7-9,11-13H,1-2,5-6,20H2,(H2,21,28)(H2,22,23,26)/t11?,12-,13+. The number of hydrogen-bond donors (Lipinski definition) is 4. The second-order valence-corrected chi connectivity index (χ2v) is 7.57. The molecule has 2 saturated heterocycles. The summed E-state index contributed by atoms with van der Waals surface area (Å²) in [6.45, 7) is 0. The van der Waals surface area contributed by atoms with Gasteiger partial charge in [-0.3, -0.25) is 4.79 Å². The lowest BCUT2D eigenvalue weighted by molar-refractivity contribution is 0.100. The van der Waals surface area contributed by atoms with Crippen molar-refractivity contribution in [2.24, 2.45) is 5.73 Å². The summed E-state index contributed by atoms with van der Waals surface area (Å²) in [4.78, 5) is 30.5. The minimum atomic E-state index is -0.478. The highest BCUT2D eigenvalue weighted by atomic mass is 16.1. The second-order valence-electron chi connectivity index (χ2n) is 7.57. The molecule has 2 aliphatic rings. The number of aromatic amines is 1. The lowest BCUT2D eigenvalue weighted by atomic mass is 9.96. The SMILES string of the molecule is NC(=O)c1cnc2[nH]ccc2c1NC1C[C@H]2CC[C@@H](C1)N2c1ncc(N)cn1. The zero-order chi connectivity index (χ0) is 19.3. The lowest BCUT2D eigenvalue weighted by Crippen LogP contribution is -2.48. The molecule has 0 spiro atoms. The molecule has 5 rings (SSSR count). The summed E-state index contributed by atoms with van der Waals surface area (Å²) in [5.41, 5.74) is 13.8. The molecule has 9 heteroatoms. The fraction of sp³-hybridized carbons (Fsp3) is 0.368. The van der Waals surface area contributed by atoms with Gasteiger partial charge in [-0.15, -0.1) is 0 Å². The van der Waals surface area contributed by atoms with E-state index >= 15 is 0 Å². The maximum atomic E-state index is 11.9. The van der Waals surface area contributed by atoms with Gasteiger partial charge in [0.2, 0.25) is 5.95 Å². The van der Waals surface area contributed by atoms with Crippen LogP contribution in [-0.2, 0) is 0 Å². The van der Waals surface area contributed by atoms with Crippen LogP contribution >= 0.6 is 0 Å². The second kappa shape index (κ2) is 6.36. The normalized spacial score (nSPS) is 23.9. The Kier molecular flexibility index (Phi) is 3.81. The number of hydrogen-bond acceptors (Lipinski definition) is 7. The van der Waals surface area contributed by atoms with E-state index in [1.54, 1.807) is 12.4 Å². The molecule has 3 atom stereocenters. The largest absolute Gasteiger partial charge is 0.396 e. The van der Waals surface area contributed by atoms with E-state index in [0.717, 1.165) is 48.4 Å². The van der Waals surface area contributed by atoms with E-state index in [0.29, 0.717) is 23.3 Å².